The third-order valence-electron chi connectivity index (χ3n) is 3.98. The van der Waals surface area contributed by atoms with E-state index in [-0.39, 0.29) is 12.5 Å². The smallest absolute Gasteiger partial charge is 0.338 e. The van der Waals surface area contributed by atoms with E-state index >= 15 is 0 Å². The molecule has 0 aliphatic carbocycles. The van der Waals surface area contributed by atoms with E-state index in [2.05, 4.69) is 6.07 Å². The minimum absolute atomic E-state index is 0.248. The van der Waals surface area contributed by atoms with Gasteiger partial charge in [-0.05, 0) is 49.2 Å². The topological polar surface area (TPSA) is 55.8 Å². The quantitative estimate of drug-likeness (QED) is 0.758. The van der Waals surface area contributed by atoms with Crippen LogP contribution in [0.1, 0.15) is 27.0 Å². The molecule has 2 aromatic rings. The molecule has 0 bridgehead atoms. The van der Waals surface area contributed by atoms with Gasteiger partial charge in [-0.15, -0.1) is 0 Å². The number of carbonyl (C=O) groups is 2. The molecule has 0 aliphatic heterocycles. The molecular formula is C20H23NO4. The Labute approximate surface area is 148 Å². The largest absolute Gasteiger partial charge is 0.497 e. The molecule has 0 fully saturated rings. The van der Waals surface area contributed by atoms with E-state index in [0.717, 1.165) is 11.1 Å². The van der Waals surface area contributed by atoms with Crippen LogP contribution in [-0.2, 0) is 16.1 Å². The van der Waals surface area contributed by atoms with Gasteiger partial charge in [0.05, 0.1) is 12.7 Å². The molecule has 0 heterocycles. The third-order valence-corrected chi connectivity index (χ3v) is 3.98. The third kappa shape index (κ3) is 5.08. The van der Waals surface area contributed by atoms with Gasteiger partial charge in [0.25, 0.3) is 5.91 Å². The molecular weight excluding hydrogens is 318 g/mol. The molecule has 0 radical (unpaired) electrons. The van der Waals surface area contributed by atoms with Crippen molar-refractivity contribution in [2.24, 2.45) is 0 Å². The fourth-order valence-electron chi connectivity index (χ4n) is 2.41. The highest BCUT2D eigenvalue weighted by Gasteiger charge is 2.14. The van der Waals surface area contributed by atoms with Crippen molar-refractivity contribution in [3.63, 3.8) is 0 Å². The molecule has 0 spiro atoms. The van der Waals surface area contributed by atoms with E-state index in [4.69, 9.17) is 9.47 Å². The van der Waals surface area contributed by atoms with Gasteiger partial charge in [0.15, 0.2) is 6.61 Å². The van der Waals surface area contributed by atoms with Crippen LogP contribution in [0, 0.1) is 13.8 Å². The molecule has 0 aromatic heterocycles. The summed E-state index contributed by atoms with van der Waals surface area (Å²) in [5.41, 5.74) is 3.77. The van der Waals surface area contributed by atoms with Crippen molar-refractivity contribution in [3.05, 3.63) is 64.7 Å². The molecule has 5 nitrogen and oxygen atoms in total. The Morgan fingerprint density at radius 2 is 1.72 bits per heavy atom. The summed E-state index contributed by atoms with van der Waals surface area (Å²) in [6.45, 7) is 4.24. The van der Waals surface area contributed by atoms with Crippen LogP contribution in [0.2, 0.25) is 0 Å². The first kappa shape index (κ1) is 18.5. The zero-order valence-electron chi connectivity index (χ0n) is 15.0. The summed E-state index contributed by atoms with van der Waals surface area (Å²) in [6.07, 6.45) is 0. The summed E-state index contributed by atoms with van der Waals surface area (Å²) in [4.78, 5) is 25.7. The number of likely N-dealkylation sites (N-methyl/N-ethyl adjacent to an activating group) is 1. The normalized spacial score (nSPS) is 10.2. The van der Waals surface area contributed by atoms with Gasteiger partial charge < -0.3 is 14.4 Å². The molecule has 0 aliphatic rings. The number of hydrogen-bond acceptors (Lipinski definition) is 4. The maximum absolute atomic E-state index is 12.2. The first-order valence-electron chi connectivity index (χ1n) is 8.02. The van der Waals surface area contributed by atoms with Crippen LogP contribution in [0.3, 0.4) is 0 Å². The number of aryl methyl sites for hydroxylation is 2. The van der Waals surface area contributed by atoms with Crippen LogP contribution in [0.4, 0.5) is 0 Å². The highest BCUT2D eigenvalue weighted by atomic mass is 16.5. The van der Waals surface area contributed by atoms with Crippen molar-refractivity contribution in [2.45, 2.75) is 20.4 Å². The predicted molar refractivity (Wildman–Crippen MR) is 95.7 cm³/mol. The number of hydrogen-bond donors (Lipinski definition) is 0. The molecule has 2 aromatic carbocycles. The number of methoxy groups -OCH3 is 1. The van der Waals surface area contributed by atoms with Gasteiger partial charge in [0, 0.05) is 13.6 Å². The van der Waals surface area contributed by atoms with Gasteiger partial charge in [-0.2, -0.15) is 0 Å². The van der Waals surface area contributed by atoms with Crippen molar-refractivity contribution in [1.82, 2.24) is 4.90 Å². The SMILES string of the molecule is COc1ccc(C(=O)OCC(=O)N(C)Cc2ccc(C)cc2C)cc1. The van der Waals surface area contributed by atoms with Crippen LogP contribution in [0.25, 0.3) is 0 Å². The highest BCUT2D eigenvalue weighted by Crippen LogP contribution is 2.14. The number of nitrogens with zero attached hydrogens (tertiary/aromatic N) is 1. The summed E-state index contributed by atoms with van der Waals surface area (Å²) < 4.78 is 10.1. The minimum Gasteiger partial charge on any atom is -0.497 e. The van der Waals surface area contributed by atoms with Gasteiger partial charge in [0.1, 0.15) is 5.75 Å². The molecule has 0 saturated carbocycles. The van der Waals surface area contributed by atoms with Crippen molar-refractivity contribution >= 4 is 11.9 Å². The molecule has 0 saturated heterocycles. The second-order valence-corrected chi connectivity index (χ2v) is 5.98. The number of carbonyl (C=O) groups excluding carboxylic acids is 2. The number of amides is 1. The van der Waals surface area contributed by atoms with E-state index in [1.54, 1.807) is 43.3 Å². The lowest BCUT2D eigenvalue weighted by molar-refractivity contribution is -0.133. The lowest BCUT2D eigenvalue weighted by Crippen LogP contribution is -2.31. The maximum atomic E-state index is 12.2. The van der Waals surface area contributed by atoms with E-state index in [9.17, 15) is 9.59 Å². The van der Waals surface area contributed by atoms with Gasteiger partial charge in [0.2, 0.25) is 0 Å². The van der Waals surface area contributed by atoms with Crippen LogP contribution in [-0.4, -0.2) is 37.5 Å². The Kier molecular flexibility index (Phi) is 6.17. The summed E-state index contributed by atoms with van der Waals surface area (Å²) >= 11 is 0. The van der Waals surface area contributed by atoms with Crippen molar-refractivity contribution in [1.29, 1.82) is 0 Å². The predicted octanol–water partition coefficient (Wildman–Crippen LogP) is 3.13. The Bertz CT molecular complexity index is 753. The molecule has 0 unspecified atom stereocenters. The van der Waals surface area contributed by atoms with Crippen LogP contribution < -0.4 is 4.74 Å². The number of benzene rings is 2. The van der Waals surface area contributed by atoms with E-state index in [1.807, 2.05) is 26.0 Å². The van der Waals surface area contributed by atoms with Crippen LogP contribution >= 0.6 is 0 Å². The van der Waals surface area contributed by atoms with E-state index in [1.165, 1.54) is 5.56 Å². The average molecular weight is 341 g/mol. The number of ether oxygens (including phenoxy) is 2. The van der Waals surface area contributed by atoms with Gasteiger partial charge in [-0.3, -0.25) is 4.79 Å². The summed E-state index contributed by atoms with van der Waals surface area (Å²) in [7, 11) is 3.25. The highest BCUT2D eigenvalue weighted by molar-refractivity contribution is 5.91. The van der Waals surface area contributed by atoms with Crippen LogP contribution in [0.5, 0.6) is 5.75 Å². The molecule has 25 heavy (non-hydrogen) atoms. The van der Waals surface area contributed by atoms with Crippen molar-refractivity contribution in [2.75, 3.05) is 20.8 Å². The Morgan fingerprint density at radius 1 is 1.04 bits per heavy atom. The zero-order valence-corrected chi connectivity index (χ0v) is 15.0. The second-order valence-electron chi connectivity index (χ2n) is 5.98. The summed E-state index contributed by atoms with van der Waals surface area (Å²) in [5.74, 6) is -0.126. The van der Waals surface area contributed by atoms with E-state index in [0.29, 0.717) is 17.9 Å². The molecule has 1 amide bonds. The number of esters is 1. The second kappa shape index (κ2) is 8.33. The Balaban J connectivity index is 1.88. The minimum atomic E-state index is -0.532. The van der Waals surface area contributed by atoms with Crippen molar-refractivity contribution < 1.29 is 19.1 Å². The lowest BCUT2D eigenvalue weighted by Gasteiger charge is -2.18. The standard InChI is InChI=1S/C20H23NO4/c1-14-5-6-17(15(2)11-14)12-21(3)19(22)13-25-20(23)16-7-9-18(24-4)10-8-16/h5-11H,12-13H2,1-4H3. The van der Waals surface area contributed by atoms with Gasteiger partial charge in [-0.1, -0.05) is 23.8 Å². The first-order valence-corrected chi connectivity index (χ1v) is 8.02. The molecule has 0 atom stereocenters. The fraction of sp³-hybridized carbons (Fsp3) is 0.300. The van der Waals surface area contributed by atoms with Gasteiger partial charge in [-0.25, -0.2) is 4.79 Å². The fourth-order valence-corrected chi connectivity index (χ4v) is 2.41. The summed E-state index contributed by atoms with van der Waals surface area (Å²) in [5, 5.41) is 0. The zero-order chi connectivity index (χ0) is 18.4. The summed E-state index contributed by atoms with van der Waals surface area (Å²) in [6, 6.07) is 12.7. The molecule has 5 heteroatoms. The molecule has 2 rings (SSSR count). The Morgan fingerprint density at radius 3 is 2.32 bits per heavy atom. The maximum Gasteiger partial charge on any atom is 0.338 e. The first-order chi connectivity index (χ1) is 11.9. The van der Waals surface area contributed by atoms with Crippen molar-refractivity contribution in [3.8, 4) is 5.75 Å². The average Bonchev–Trinajstić information content (AvgIpc) is 2.61. The van der Waals surface area contributed by atoms with Crippen LogP contribution in [0.15, 0.2) is 42.5 Å². The molecule has 0 N–H and O–H groups in total. The molecule has 132 valence electrons. The van der Waals surface area contributed by atoms with Gasteiger partial charge >= 0.3 is 5.97 Å². The lowest BCUT2D eigenvalue weighted by atomic mass is 10.1. The number of rotatable bonds is 6. The Hall–Kier alpha value is -2.82. The monoisotopic (exact) mass is 341 g/mol. The van der Waals surface area contributed by atoms with E-state index < -0.39 is 5.97 Å².